The lowest BCUT2D eigenvalue weighted by Gasteiger charge is -2.25. The van der Waals surface area contributed by atoms with Crippen LogP contribution in [0, 0.1) is 5.92 Å². The zero-order chi connectivity index (χ0) is 16.2. The molecule has 0 spiro atoms. The van der Waals surface area contributed by atoms with Crippen molar-refractivity contribution < 1.29 is 22.8 Å². The van der Waals surface area contributed by atoms with Crippen LogP contribution in [-0.4, -0.2) is 60.1 Å². The van der Waals surface area contributed by atoms with Crippen molar-refractivity contribution in [3.8, 4) is 0 Å². The Balaban J connectivity index is 2.55. The summed E-state index contributed by atoms with van der Waals surface area (Å²) < 4.78 is 37.3. The van der Waals surface area contributed by atoms with Crippen molar-refractivity contribution in [2.45, 2.75) is 39.4 Å². The number of rotatable bonds is 2. The summed E-state index contributed by atoms with van der Waals surface area (Å²) in [6.45, 7) is 5.96. The lowest BCUT2D eigenvalue weighted by atomic mass is 10.2. The van der Waals surface area contributed by atoms with Crippen molar-refractivity contribution in [3.05, 3.63) is 0 Å². The minimum Gasteiger partial charge on any atom is -0.341 e. The van der Waals surface area contributed by atoms with E-state index >= 15 is 0 Å². The van der Waals surface area contributed by atoms with Gasteiger partial charge in [0.15, 0.2) is 0 Å². The molecule has 0 radical (unpaired) electrons. The van der Waals surface area contributed by atoms with Gasteiger partial charge >= 0.3 is 12.2 Å². The molecule has 122 valence electrons. The number of amides is 3. The lowest BCUT2D eigenvalue weighted by Crippen LogP contribution is -2.50. The SMILES string of the molecule is CC(C)C(=O)N1CCCN(C(=O)NC(C)C(F)(F)F)CC1. The molecule has 1 saturated heterocycles. The molecule has 1 aliphatic rings. The van der Waals surface area contributed by atoms with Gasteiger partial charge in [-0.3, -0.25) is 4.79 Å². The second-order valence-electron chi connectivity index (χ2n) is 5.53. The molecule has 1 atom stereocenters. The maximum atomic E-state index is 12.4. The predicted octanol–water partition coefficient (Wildman–Crippen LogP) is 1.84. The minimum absolute atomic E-state index is 0.000850. The van der Waals surface area contributed by atoms with Gasteiger partial charge in [-0.25, -0.2) is 4.79 Å². The van der Waals surface area contributed by atoms with Gasteiger partial charge in [0, 0.05) is 32.1 Å². The third-order valence-electron chi connectivity index (χ3n) is 3.42. The van der Waals surface area contributed by atoms with Crippen LogP contribution in [0.25, 0.3) is 0 Å². The van der Waals surface area contributed by atoms with Gasteiger partial charge in [0.1, 0.15) is 6.04 Å². The Morgan fingerprint density at radius 3 is 2.05 bits per heavy atom. The Morgan fingerprint density at radius 1 is 1.00 bits per heavy atom. The average Bonchev–Trinajstić information content (AvgIpc) is 2.62. The standard InChI is InChI=1S/C13H22F3N3O2/c1-9(2)11(20)18-5-4-6-19(8-7-18)12(21)17-10(3)13(14,15)16/h9-10H,4-8H2,1-3H3,(H,17,21). The van der Waals surface area contributed by atoms with Gasteiger partial charge in [-0.1, -0.05) is 13.8 Å². The number of alkyl halides is 3. The van der Waals surface area contributed by atoms with Crippen LogP contribution in [0.3, 0.4) is 0 Å². The van der Waals surface area contributed by atoms with E-state index in [-0.39, 0.29) is 18.4 Å². The van der Waals surface area contributed by atoms with Gasteiger partial charge in [-0.05, 0) is 13.3 Å². The van der Waals surface area contributed by atoms with Gasteiger partial charge in [0.2, 0.25) is 5.91 Å². The minimum atomic E-state index is -4.46. The summed E-state index contributed by atoms with van der Waals surface area (Å²) in [7, 11) is 0. The Bertz CT molecular complexity index is 385. The molecule has 0 aliphatic carbocycles. The normalized spacial score (nSPS) is 18.4. The summed E-state index contributed by atoms with van der Waals surface area (Å²) in [5.41, 5.74) is 0. The summed E-state index contributed by atoms with van der Waals surface area (Å²) in [5.74, 6) is -0.128. The Hall–Kier alpha value is -1.47. The highest BCUT2D eigenvalue weighted by Crippen LogP contribution is 2.19. The number of hydrogen-bond donors (Lipinski definition) is 1. The largest absolute Gasteiger partial charge is 0.408 e. The van der Waals surface area contributed by atoms with Gasteiger partial charge in [-0.15, -0.1) is 0 Å². The molecule has 1 rings (SSSR count). The second-order valence-corrected chi connectivity index (χ2v) is 5.53. The monoisotopic (exact) mass is 309 g/mol. The topological polar surface area (TPSA) is 52.7 Å². The van der Waals surface area contributed by atoms with E-state index in [1.807, 2.05) is 5.32 Å². The molecule has 1 heterocycles. The highest BCUT2D eigenvalue weighted by atomic mass is 19.4. The van der Waals surface area contributed by atoms with Crippen LogP contribution in [-0.2, 0) is 4.79 Å². The molecule has 21 heavy (non-hydrogen) atoms. The number of carbonyl (C=O) groups is 2. The Morgan fingerprint density at radius 2 is 1.52 bits per heavy atom. The van der Waals surface area contributed by atoms with Crippen LogP contribution in [0.4, 0.5) is 18.0 Å². The molecule has 5 nitrogen and oxygen atoms in total. The van der Waals surface area contributed by atoms with Crippen LogP contribution in [0.1, 0.15) is 27.2 Å². The van der Waals surface area contributed by atoms with Crippen molar-refractivity contribution in [3.63, 3.8) is 0 Å². The average molecular weight is 309 g/mol. The van der Waals surface area contributed by atoms with E-state index < -0.39 is 18.2 Å². The fourth-order valence-electron chi connectivity index (χ4n) is 2.06. The molecular weight excluding hydrogens is 287 g/mol. The van der Waals surface area contributed by atoms with Crippen LogP contribution < -0.4 is 5.32 Å². The molecule has 0 bridgehead atoms. The van der Waals surface area contributed by atoms with E-state index in [2.05, 4.69) is 0 Å². The maximum absolute atomic E-state index is 12.4. The second kappa shape index (κ2) is 7.00. The summed E-state index contributed by atoms with van der Waals surface area (Å²) in [6, 6.07) is -2.62. The first-order valence-corrected chi connectivity index (χ1v) is 7.04. The van der Waals surface area contributed by atoms with Crippen molar-refractivity contribution >= 4 is 11.9 Å². The molecule has 1 aliphatic heterocycles. The molecular formula is C13H22F3N3O2. The highest BCUT2D eigenvalue weighted by Gasteiger charge is 2.38. The van der Waals surface area contributed by atoms with Gasteiger partial charge < -0.3 is 15.1 Å². The fraction of sp³-hybridized carbons (Fsp3) is 0.846. The van der Waals surface area contributed by atoms with Crippen molar-refractivity contribution in [1.29, 1.82) is 0 Å². The van der Waals surface area contributed by atoms with E-state index in [9.17, 15) is 22.8 Å². The van der Waals surface area contributed by atoms with Crippen molar-refractivity contribution in [2.24, 2.45) is 5.92 Å². The molecule has 0 aromatic heterocycles. The predicted molar refractivity (Wildman–Crippen MR) is 71.7 cm³/mol. The van der Waals surface area contributed by atoms with Crippen LogP contribution >= 0.6 is 0 Å². The number of nitrogens with zero attached hydrogens (tertiary/aromatic N) is 2. The third kappa shape index (κ3) is 5.09. The number of carbonyl (C=O) groups excluding carboxylic acids is 2. The van der Waals surface area contributed by atoms with E-state index in [4.69, 9.17) is 0 Å². The van der Waals surface area contributed by atoms with Crippen LogP contribution in [0.5, 0.6) is 0 Å². The molecule has 3 amide bonds. The van der Waals surface area contributed by atoms with Crippen LogP contribution in [0.2, 0.25) is 0 Å². The zero-order valence-electron chi connectivity index (χ0n) is 12.5. The highest BCUT2D eigenvalue weighted by molar-refractivity contribution is 5.78. The van der Waals surface area contributed by atoms with Crippen LogP contribution in [0.15, 0.2) is 0 Å². The number of halogens is 3. The molecule has 0 aromatic rings. The molecule has 1 N–H and O–H groups in total. The van der Waals surface area contributed by atoms with E-state index in [1.54, 1.807) is 18.7 Å². The quantitative estimate of drug-likeness (QED) is 0.846. The molecule has 8 heteroatoms. The fourth-order valence-corrected chi connectivity index (χ4v) is 2.06. The smallest absolute Gasteiger partial charge is 0.341 e. The Labute approximate surface area is 122 Å². The third-order valence-corrected chi connectivity index (χ3v) is 3.42. The van der Waals surface area contributed by atoms with Gasteiger partial charge in [0.25, 0.3) is 0 Å². The zero-order valence-corrected chi connectivity index (χ0v) is 12.5. The summed E-state index contributed by atoms with van der Waals surface area (Å²) >= 11 is 0. The maximum Gasteiger partial charge on any atom is 0.408 e. The molecule has 1 unspecified atom stereocenters. The number of nitrogens with one attached hydrogen (secondary N) is 1. The van der Waals surface area contributed by atoms with Gasteiger partial charge in [-0.2, -0.15) is 13.2 Å². The van der Waals surface area contributed by atoms with Gasteiger partial charge in [0.05, 0.1) is 0 Å². The van der Waals surface area contributed by atoms with E-state index in [0.717, 1.165) is 6.92 Å². The molecule has 0 saturated carbocycles. The number of hydrogen-bond acceptors (Lipinski definition) is 2. The first-order chi connectivity index (χ1) is 9.62. The lowest BCUT2D eigenvalue weighted by molar-refractivity contribution is -0.149. The van der Waals surface area contributed by atoms with E-state index in [1.165, 1.54) is 4.90 Å². The Kier molecular flexibility index (Phi) is 5.86. The molecule has 1 fully saturated rings. The summed E-state index contributed by atoms with van der Waals surface area (Å²) in [5, 5.41) is 1.94. The summed E-state index contributed by atoms with van der Waals surface area (Å²) in [6.07, 6.45) is -3.90. The van der Waals surface area contributed by atoms with Crippen molar-refractivity contribution in [1.82, 2.24) is 15.1 Å². The first-order valence-electron chi connectivity index (χ1n) is 7.04. The molecule has 0 aromatic carbocycles. The first kappa shape index (κ1) is 17.6. The number of urea groups is 1. The van der Waals surface area contributed by atoms with E-state index in [0.29, 0.717) is 26.1 Å². The summed E-state index contributed by atoms with van der Waals surface area (Å²) in [4.78, 5) is 26.7. The van der Waals surface area contributed by atoms with Crippen molar-refractivity contribution in [2.75, 3.05) is 26.2 Å².